The van der Waals surface area contributed by atoms with Crippen LogP contribution in [0.5, 0.6) is 0 Å². The van der Waals surface area contributed by atoms with Gasteiger partial charge in [-0.15, -0.1) is 0 Å². The molecule has 0 saturated heterocycles. The van der Waals surface area contributed by atoms with Gasteiger partial charge in [0.15, 0.2) is 9.84 Å². The first-order valence-electron chi connectivity index (χ1n) is 6.42. The highest BCUT2D eigenvalue weighted by molar-refractivity contribution is 7.92. The molecule has 108 valence electrons. The average molecular weight is 277 g/mol. The maximum Gasteiger partial charge on any atom is 0.153 e. The molecule has 18 heavy (non-hydrogen) atoms. The summed E-state index contributed by atoms with van der Waals surface area (Å²) < 4.78 is 23.5. The topological polar surface area (TPSA) is 87.2 Å². The highest BCUT2D eigenvalue weighted by atomic mass is 32.2. The Hall–Kier alpha value is -0.620. The highest BCUT2D eigenvalue weighted by Crippen LogP contribution is 2.05. The Balaban J connectivity index is 4.36. The van der Waals surface area contributed by atoms with Crippen molar-refractivity contribution in [3.63, 3.8) is 0 Å². The summed E-state index contributed by atoms with van der Waals surface area (Å²) in [6, 6.07) is 0. The van der Waals surface area contributed by atoms with Crippen molar-refractivity contribution >= 4 is 15.7 Å². The van der Waals surface area contributed by atoms with Crippen LogP contribution in [0.3, 0.4) is 0 Å². The fraction of sp³-hybridized carbons (Fsp3) is 0.917. The molecule has 0 bridgehead atoms. The minimum Gasteiger partial charge on any atom is -0.388 e. The summed E-state index contributed by atoms with van der Waals surface area (Å²) in [6.07, 6.45) is 0.494. The average Bonchev–Trinajstić information content (AvgIpc) is 2.21. The SMILES string of the molecule is CC(C)CN(CCC(=N)N)CCS(=O)(=O)C(C)C. The van der Waals surface area contributed by atoms with Gasteiger partial charge in [-0.1, -0.05) is 13.8 Å². The second kappa shape index (κ2) is 7.74. The monoisotopic (exact) mass is 277 g/mol. The molecule has 0 atom stereocenters. The van der Waals surface area contributed by atoms with E-state index in [1.807, 2.05) is 0 Å². The molecule has 6 heteroatoms. The van der Waals surface area contributed by atoms with Crippen molar-refractivity contribution in [3.8, 4) is 0 Å². The predicted molar refractivity (Wildman–Crippen MR) is 76.7 cm³/mol. The van der Waals surface area contributed by atoms with E-state index in [1.54, 1.807) is 13.8 Å². The molecular formula is C12H27N3O2S. The zero-order valence-corrected chi connectivity index (χ0v) is 12.8. The molecule has 0 aromatic carbocycles. The van der Waals surface area contributed by atoms with Crippen molar-refractivity contribution in [1.82, 2.24) is 4.90 Å². The maximum absolute atomic E-state index is 11.8. The number of hydrogen-bond donors (Lipinski definition) is 2. The zero-order valence-electron chi connectivity index (χ0n) is 11.9. The van der Waals surface area contributed by atoms with Gasteiger partial charge in [0.2, 0.25) is 0 Å². The molecule has 0 aromatic heterocycles. The Morgan fingerprint density at radius 3 is 2.17 bits per heavy atom. The van der Waals surface area contributed by atoms with Gasteiger partial charge in [-0.2, -0.15) is 0 Å². The molecule has 0 fully saturated rings. The van der Waals surface area contributed by atoms with Crippen LogP contribution in [0, 0.1) is 11.3 Å². The highest BCUT2D eigenvalue weighted by Gasteiger charge is 2.18. The van der Waals surface area contributed by atoms with Crippen LogP contribution in [0.15, 0.2) is 0 Å². The van der Waals surface area contributed by atoms with Gasteiger partial charge in [-0.05, 0) is 19.8 Å². The summed E-state index contributed by atoms with van der Waals surface area (Å²) >= 11 is 0. The fourth-order valence-corrected chi connectivity index (χ4v) is 2.57. The van der Waals surface area contributed by atoms with Crippen LogP contribution in [0.1, 0.15) is 34.1 Å². The van der Waals surface area contributed by atoms with Crippen LogP contribution in [-0.4, -0.2) is 49.8 Å². The smallest absolute Gasteiger partial charge is 0.153 e. The van der Waals surface area contributed by atoms with Crippen molar-refractivity contribution in [2.45, 2.75) is 39.4 Å². The Labute approximate surface area is 111 Å². The standard InChI is InChI=1S/C12H27N3O2S/c1-10(2)9-15(6-5-12(13)14)7-8-18(16,17)11(3)4/h10-11H,5-9H2,1-4H3,(H3,13,14). The first-order valence-corrected chi connectivity index (χ1v) is 8.13. The van der Waals surface area contributed by atoms with Crippen LogP contribution in [0.25, 0.3) is 0 Å². The van der Waals surface area contributed by atoms with E-state index >= 15 is 0 Å². The van der Waals surface area contributed by atoms with Crippen LogP contribution in [-0.2, 0) is 9.84 Å². The largest absolute Gasteiger partial charge is 0.388 e. The first kappa shape index (κ1) is 17.4. The summed E-state index contributed by atoms with van der Waals surface area (Å²) in [6.45, 7) is 9.61. The van der Waals surface area contributed by atoms with E-state index in [0.717, 1.165) is 6.54 Å². The molecule has 0 amide bonds. The lowest BCUT2D eigenvalue weighted by molar-refractivity contribution is 0.263. The third kappa shape index (κ3) is 7.66. The first-order chi connectivity index (χ1) is 8.15. The molecule has 0 aromatic rings. The number of hydrogen-bond acceptors (Lipinski definition) is 4. The van der Waals surface area contributed by atoms with Crippen LogP contribution >= 0.6 is 0 Å². The number of nitrogens with one attached hydrogen (secondary N) is 1. The molecule has 0 heterocycles. The summed E-state index contributed by atoms with van der Waals surface area (Å²) in [5, 5.41) is 6.90. The van der Waals surface area contributed by atoms with Crippen LogP contribution < -0.4 is 5.73 Å². The van der Waals surface area contributed by atoms with E-state index in [4.69, 9.17) is 11.1 Å². The molecule has 0 aliphatic carbocycles. The molecule has 0 aliphatic rings. The molecular weight excluding hydrogens is 250 g/mol. The lowest BCUT2D eigenvalue weighted by Gasteiger charge is -2.24. The molecule has 0 rings (SSSR count). The fourth-order valence-electron chi connectivity index (χ4n) is 1.58. The summed E-state index contributed by atoms with van der Waals surface area (Å²) in [5.41, 5.74) is 5.34. The molecule has 0 spiro atoms. The van der Waals surface area contributed by atoms with Gasteiger partial charge in [-0.25, -0.2) is 8.42 Å². The van der Waals surface area contributed by atoms with Crippen molar-refractivity contribution in [2.75, 3.05) is 25.4 Å². The number of rotatable bonds is 9. The second-order valence-electron chi connectivity index (χ2n) is 5.39. The van der Waals surface area contributed by atoms with Gasteiger partial charge < -0.3 is 10.6 Å². The predicted octanol–water partition coefficient (Wildman–Crippen LogP) is 1.09. The molecule has 0 unspecified atom stereocenters. The maximum atomic E-state index is 11.8. The van der Waals surface area contributed by atoms with E-state index in [2.05, 4.69) is 18.7 Å². The van der Waals surface area contributed by atoms with Crippen molar-refractivity contribution in [1.29, 1.82) is 5.41 Å². The number of amidine groups is 1. The van der Waals surface area contributed by atoms with E-state index in [-0.39, 0.29) is 16.8 Å². The van der Waals surface area contributed by atoms with E-state index in [0.29, 0.717) is 25.4 Å². The van der Waals surface area contributed by atoms with Crippen molar-refractivity contribution in [3.05, 3.63) is 0 Å². The van der Waals surface area contributed by atoms with Crippen LogP contribution in [0.4, 0.5) is 0 Å². The molecule has 0 aliphatic heterocycles. The van der Waals surface area contributed by atoms with Gasteiger partial charge in [0.05, 0.1) is 16.8 Å². The lowest BCUT2D eigenvalue weighted by Crippen LogP contribution is -2.36. The Morgan fingerprint density at radius 2 is 1.78 bits per heavy atom. The molecule has 0 saturated carbocycles. The second-order valence-corrected chi connectivity index (χ2v) is 8.06. The normalized spacial score (nSPS) is 12.6. The minimum atomic E-state index is -2.99. The zero-order chi connectivity index (χ0) is 14.3. The Morgan fingerprint density at radius 1 is 1.22 bits per heavy atom. The summed E-state index contributed by atoms with van der Waals surface area (Å²) in [5.74, 6) is 0.796. The van der Waals surface area contributed by atoms with Crippen molar-refractivity contribution < 1.29 is 8.42 Å². The number of sulfone groups is 1. The van der Waals surface area contributed by atoms with Gasteiger partial charge in [0.25, 0.3) is 0 Å². The number of nitrogens with two attached hydrogens (primary N) is 1. The minimum absolute atomic E-state index is 0.149. The molecule has 5 nitrogen and oxygen atoms in total. The van der Waals surface area contributed by atoms with E-state index < -0.39 is 9.84 Å². The lowest BCUT2D eigenvalue weighted by atomic mass is 10.2. The van der Waals surface area contributed by atoms with E-state index in [1.165, 1.54) is 0 Å². The Kier molecular flexibility index (Phi) is 7.47. The summed E-state index contributed by atoms with van der Waals surface area (Å²) in [7, 11) is -2.99. The van der Waals surface area contributed by atoms with Gasteiger partial charge in [0.1, 0.15) is 0 Å². The van der Waals surface area contributed by atoms with Gasteiger partial charge in [0, 0.05) is 26.1 Å². The van der Waals surface area contributed by atoms with Gasteiger partial charge in [-0.3, -0.25) is 5.41 Å². The Bertz CT molecular complexity index is 350. The molecule has 0 radical (unpaired) electrons. The third-order valence-corrected chi connectivity index (χ3v) is 4.92. The number of nitrogens with zero attached hydrogens (tertiary/aromatic N) is 1. The van der Waals surface area contributed by atoms with Gasteiger partial charge >= 0.3 is 0 Å². The van der Waals surface area contributed by atoms with Crippen LogP contribution in [0.2, 0.25) is 0 Å². The van der Waals surface area contributed by atoms with Crippen molar-refractivity contribution in [2.24, 2.45) is 11.7 Å². The van der Waals surface area contributed by atoms with E-state index in [9.17, 15) is 8.42 Å². The summed E-state index contributed by atoms with van der Waals surface area (Å²) in [4.78, 5) is 2.08. The third-order valence-electron chi connectivity index (χ3n) is 2.73. The molecule has 3 N–H and O–H groups in total. The quantitative estimate of drug-likeness (QED) is 0.488.